The summed E-state index contributed by atoms with van der Waals surface area (Å²) in [6, 6.07) is 5.42. The first-order chi connectivity index (χ1) is 12.7. The molecule has 0 aliphatic carbocycles. The van der Waals surface area contributed by atoms with Crippen LogP contribution >= 0.6 is 0 Å². The molecule has 0 fully saturated rings. The summed E-state index contributed by atoms with van der Waals surface area (Å²) in [5.41, 5.74) is 6.72. The first-order valence-electron chi connectivity index (χ1n) is 8.68. The molecule has 0 unspecified atom stereocenters. The molecule has 2 aromatic rings. The summed E-state index contributed by atoms with van der Waals surface area (Å²) in [5.74, 6) is 0.781. The zero-order valence-electron chi connectivity index (χ0n) is 15.9. The third-order valence-corrected chi connectivity index (χ3v) is 4.42. The Labute approximate surface area is 157 Å². The van der Waals surface area contributed by atoms with Crippen molar-refractivity contribution in [3.8, 4) is 11.5 Å². The van der Waals surface area contributed by atoms with Crippen LogP contribution in [0.25, 0.3) is 0 Å². The van der Waals surface area contributed by atoms with Gasteiger partial charge in [-0.3, -0.25) is 9.59 Å². The maximum absolute atomic E-state index is 12.3. The summed E-state index contributed by atoms with van der Waals surface area (Å²) < 4.78 is 12.6. The molecule has 3 rings (SSSR count). The van der Waals surface area contributed by atoms with Crippen molar-refractivity contribution in [1.82, 2.24) is 9.78 Å². The molecule has 1 atom stereocenters. The summed E-state index contributed by atoms with van der Waals surface area (Å²) in [4.78, 5) is 23.4. The Morgan fingerprint density at radius 1 is 1.37 bits per heavy atom. The van der Waals surface area contributed by atoms with E-state index in [1.807, 2.05) is 31.5 Å². The molecule has 0 saturated carbocycles. The zero-order valence-corrected chi connectivity index (χ0v) is 15.9. The number of primary amides is 1. The van der Waals surface area contributed by atoms with Gasteiger partial charge in [0.2, 0.25) is 5.91 Å². The number of carbonyl (C=O) groups is 2. The van der Waals surface area contributed by atoms with E-state index in [-0.39, 0.29) is 24.0 Å². The Morgan fingerprint density at radius 2 is 2.11 bits per heavy atom. The quantitative estimate of drug-likeness (QED) is 0.834. The van der Waals surface area contributed by atoms with Crippen LogP contribution < -0.4 is 20.5 Å². The van der Waals surface area contributed by atoms with Crippen molar-refractivity contribution in [3.05, 3.63) is 35.5 Å². The van der Waals surface area contributed by atoms with Crippen LogP contribution in [0.2, 0.25) is 0 Å². The predicted octanol–water partition coefficient (Wildman–Crippen LogP) is 1.98. The van der Waals surface area contributed by atoms with E-state index < -0.39 is 5.91 Å². The van der Waals surface area contributed by atoms with E-state index in [2.05, 4.69) is 10.4 Å². The van der Waals surface area contributed by atoms with Gasteiger partial charge in [-0.25, -0.2) is 4.68 Å². The number of hydrogen-bond acceptors (Lipinski definition) is 5. The Balaban J connectivity index is 2.02. The van der Waals surface area contributed by atoms with Gasteiger partial charge >= 0.3 is 0 Å². The van der Waals surface area contributed by atoms with E-state index in [4.69, 9.17) is 15.2 Å². The van der Waals surface area contributed by atoms with Crippen molar-refractivity contribution in [2.24, 2.45) is 5.73 Å². The maximum Gasteiger partial charge on any atom is 0.255 e. The number of benzene rings is 1. The topological polar surface area (TPSA) is 108 Å². The molecule has 1 aromatic carbocycles. The minimum atomic E-state index is -0.576. The number of nitrogens with two attached hydrogens (primary N) is 1. The van der Waals surface area contributed by atoms with Gasteiger partial charge in [-0.2, -0.15) is 5.10 Å². The molecule has 1 aromatic heterocycles. The SMILES string of the molecule is COc1ccc([C@H]2CC(=O)Nc3c2cnn3C(C)(C)C)cc1OCC(N)=O. The number of hydrogen-bond donors (Lipinski definition) is 2. The van der Waals surface area contributed by atoms with Gasteiger partial charge in [0.1, 0.15) is 5.82 Å². The van der Waals surface area contributed by atoms with Gasteiger partial charge < -0.3 is 20.5 Å². The Hall–Kier alpha value is -3.03. The molecule has 1 aliphatic rings. The largest absolute Gasteiger partial charge is 0.493 e. The van der Waals surface area contributed by atoms with E-state index in [0.29, 0.717) is 23.7 Å². The number of nitrogens with one attached hydrogen (secondary N) is 1. The van der Waals surface area contributed by atoms with E-state index in [9.17, 15) is 9.59 Å². The van der Waals surface area contributed by atoms with E-state index >= 15 is 0 Å². The monoisotopic (exact) mass is 372 g/mol. The Bertz CT molecular complexity index is 882. The molecule has 1 aliphatic heterocycles. The van der Waals surface area contributed by atoms with Crippen LogP contribution in [0.15, 0.2) is 24.4 Å². The van der Waals surface area contributed by atoms with Gasteiger partial charge in [-0.05, 0) is 38.5 Å². The number of fused-ring (bicyclic) bond motifs is 1. The highest BCUT2D eigenvalue weighted by Gasteiger charge is 2.33. The molecule has 8 nitrogen and oxygen atoms in total. The lowest BCUT2D eigenvalue weighted by Crippen LogP contribution is -2.30. The van der Waals surface area contributed by atoms with Crippen molar-refractivity contribution in [2.75, 3.05) is 19.0 Å². The predicted molar refractivity (Wildman–Crippen MR) is 100.0 cm³/mol. The number of carbonyl (C=O) groups excluding carboxylic acids is 2. The second-order valence-electron chi connectivity index (χ2n) is 7.50. The summed E-state index contributed by atoms with van der Waals surface area (Å²) in [6.07, 6.45) is 2.09. The molecule has 144 valence electrons. The van der Waals surface area contributed by atoms with Crippen LogP contribution in [0.3, 0.4) is 0 Å². The molecule has 0 bridgehead atoms. The Kier molecular flexibility index (Phi) is 4.82. The third-order valence-electron chi connectivity index (χ3n) is 4.42. The lowest BCUT2D eigenvalue weighted by molar-refractivity contribution is -0.120. The number of nitrogens with zero attached hydrogens (tertiary/aromatic N) is 2. The first kappa shape index (κ1) is 18.8. The van der Waals surface area contributed by atoms with Gasteiger partial charge in [0.05, 0.1) is 18.8 Å². The van der Waals surface area contributed by atoms with Crippen LogP contribution in [0.4, 0.5) is 5.82 Å². The smallest absolute Gasteiger partial charge is 0.255 e. The standard InChI is InChI=1S/C19H24N4O4/c1-19(2,3)23-18-13(9-21-23)12(8-17(25)22-18)11-5-6-14(26-4)15(7-11)27-10-16(20)24/h5-7,9,12H,8,10H2,1-4H3,(H2,20,24)(H,22,25)/t12-/m1/s1. The highest BCUT2D eigenvalue weighted by Crippen LogP contribution is 2.41. The lowest BCUT2D eigenvalue weighted by Gasteiger charge is -2.28. The minimum absolute atomic E-state index is 0.0751. The van der Waals surface area contributed by atoms with Crippen molar-refractivity contribution in [3.63, 3.8) is 0 Å². The normalized spacial score (nSPS) is 16.4. The van der Waals surface area contributed by atoms with Gasteiger partial charge in [-0.15, -0.1) is 0 Å². The van der Waals surface area contributed by atoms with Crippen molar-refractivity contribution in [1.29, 1.82) is 0 Å². The third kappa shape index (κ3) is 3.74. The molecule has 8 heteroatoms. The fraction of sp³-hybridized carbons (Fsp3) is 0.421. The highest BCUT2D eigenvalue weighted by atomic mass is 16.5. The second-order valence-corrected chi connectivity index (χ2v) is 7.50. The van der Waals surface area contributed by atoms with E-state index in [0.717, 1.165) is 11.1 Å². The number of aromatic nitrogens is 2. The highest BCUT2D eigenvalue weighted by molar-refractivity contribution is 5.94. The summed E-state index contributed by atoms with van der Waals surface area (Å²) in [5, 5.41) is 7.42. The Morgan fingerprint density at radius 3 is 2.74 bits per heavy atom. The fourth-order valence-electron chi connectivity index (χ4n) is 3.20. The van der Waals surface area contributed by atoms with Crippen molar-refractivity contribution < 1.29 is 19.1 Å². The second kappa shape index (κ2) is 6.94. The molecule has 2 amide bonds. The molecular formula is C19H24N4O4. The van der Waals surface area contributed by atoms with E-state index in [1.165, 1.54) is 7.11 Å². The van der Waals surface area contributed by atoms with Crippen LogP contribution in [0, 0.1) is 0 Å². The minimum Gasteiger partial charge on any atom is -0.493 e. The molecule has 27 heavy (non-hydrogen) atoms. The first-order valence-corrected chi connectivity index (χ1v) is 8.68. The van der Waals surface area contributed by atoms with Gasteiger partial charge in [-0.1, -0.05) is 6.07 Å². The maximum atomic E-state index is 12.3. The molecule has 0 saturated heterocycles. The summed E-state index contributed by atoms with van der Waals surface area (Å²) in [6.45, 7) is 5.83. The average Bonchev–Trinajstić information content (AvgIpc) is 3.02. The number of rotatable bonds is 5. The average molecular weight is 372 g/mol. The zero-order chi connectivity index (χ0) is 19.8. The number of anilines is 1. The van der Waals surface area contributed by atoms with Gasteiger partial charge in [0, 0.05) is 17.9 Å². The lowest BCUT2D eigenvalue weighted by atomic mass is 9.87. The van der Waals surface area contributed by atoms with Crippen molar-refractivity contribution >= 4 is 17.6 Å². The van der Waals surface area contributed by atoms with Crippen molar-refractivity contribution in [2.45, 2.75) is 38.6 Å². The molecular weight excluding hydrogens is 348 g/mol. The van der Waals surface area contributed by atoms with Crippen LogP contribution in [0.1, 0.15) is 44.2 Å². The van der Waals surface area contributed by atoms with Crippen LogP contribution in [-0.2, 0) is 15.1 Å². The molecule has 2 heterocycles. The van der Waals surface area contributed by atoms with Gasteiger partial charge in [0.15, 0.2) is 18.1 Å². The summed E-state index contributed by atoms with van der Waals surface area (Å²) >= 11 is 0. The molecule has 3 N–H and O–H groups in total. The fourth-order valence-corrected chi connectivity index (χ4v) is 3.20. The van der Waals surface area contributed by atoms with E-state index in [1.54, 1.807) is 18.3 Å². The van der Waals surface area contributed by atoms with Crippen LogP contribution in [0.5, 0.6) is 11.5 Å². The molecule has 0 spiro atoms. The summed E-state index contributed by atoms with van der Waals surface area (Å²) in [7, 11) is 1.52. The number of amides is 2. The van der Waals surface area contributed by atoms with Crippen LogP contribution in [-0.4, -0.2) is 35.3 Å². The number of ether oxygens (including phenoxy) is 2. The number of methoxy groups -OCH3 is 1. The molecule has 0 radical (unpaired) electrons. The van der Waals surface area contributed by atoms with Gasteiger partial charge in [0.25, 0.3) is 5.91 Å².